The second-order valence-electron chi connectivity index (χ2n) is 6.90. The van der Waals surface area contributed by atoms with Crippen LogP contribution in [0.1, 0.15) is 38.2 Å². The molecular formula is C18H29N5O. The molecule has 1 unspecified atom stereocenters. The molecule has 6 nitrogen and oxygen atoms in total. The first-order chi connectivity index (χ1) is 11.7. The first-order valence-corrected chi connectivity index (χ1v) is 8.97. The van der Waals surface area contributed by atoms with Crippen molar-refractivity contribution in [2.45, 2.75) is 44.8 Å². The first kappa shape index (κ1) is 17.0. The average Bonchev–Trinajstić information content (AvgIpc) is 3.28. The minimum absolute atomic E-state index is 0.0729. The number of guanidine groups is 1. The zero-order chi connectivity index (χ0) is 16.8. The van der Waals surface area contributed by atoms with E-state index in [0.717, 1.165) is 56.4 Å². The molecule has 1 aromatic heterocycles. The van der Waals surface area contributed by atoms with Gasteiger partial charge < -0.3 is 20.3 Å². The number of nitrogens with zero attached hydrogens (tertiary/aromatic N) is 3. The fourth-order valence-electron chi connectivity index (χ4n) is 3.31. The third-order valence-corrected chi connectivity index (χ3v) is 4.85. The third kappa shape index (κ3) is 4.38. The van der Waals surface area contributed by atoms with Gasteiger partial charge in [-0.1, -0.05) is 6.07 Å². The molecule has 0 aliphatic carbocycles. The number of ether oxygens (including phenoxy) is 1. The topological polar surface area (TPSA) is 61.8 Å². The van der Waals surface area contributed by atoms with Crippen LogP contribution in [0.3, 0.4) is 0 Å². The summed E-state index contributed by atoms with van der Waals surface area (Å²) < 4.78 is 5.80. The molecule has 0 aromatic carbocycles. The lowest BCUT2D eigenvalue weighted by Crippen LogP contribution is -2.45. The van der Waals surface area contributed by atoms with E-state index in [0.29, 0.717) is 6.54 Å². The van der Waals surface area contributed by atoms with E-state index in [1.807, 2.05) is 6.20 Å². The maximum Gasteiger partial charge on any atom is 0.191 e. The normalized spacial score (nSPS) is 24.4. The van der Waals surface area contributed by atoms with Gasteiger partial charge in [0.1, 0.15) is 5.82 Å². The quantitative estimate of drug-likeness (QED) is 0.637. The van der Waals surface area contributed by atoms with E-state index in [-0.39, 0.29) is 5.60 Å². The van der Waals surface area contributed by atoms with Crippen molar-refractivity contribution in [2.24, 2.45) is 4.99 Å². The smallest absolute Gasteiger partial charge is 0.191 e. The number of hydrogen-bond acceptors (Lipinski definition) is 4. The fourth-order valence-corrected chi connectivity index (χ4v) is 3.31. The van der Waals surface area contributed by atoms with Gasteiger partial charge in [0.05, 0.1) is 5.60 Å². The summed E-state index contributed by atoms with van der Waals surface area (Å²) in [5.74, 6) is 1.89. The molecule has 2 N–H and O–H groups in total. The summed E-state index contributed by atoms with van der Waals surface area (Å²) in [6.07, 6.45) is 6.73. The summed E-state index contributed by atoms with van der Waals surface area (Å²) >= 11 is 0. The van der Waals surface area contributed by atoms with Gasteiger partial charge in [-0.05, 0) is 44.2 Å². The lowest BCUT2D eigenvalue weighted by molar-refractivity contribution is 0.0243. The molecule has 0 radical (unpaired) electrons. The van der Waals surface area contributed by atoms with Gasteiger partial charge in [0.15, 0.2) is 5.96 Å². The van der Waals surface area contributed by atoms with Crippen LogP contribution in [-0.4, -0.2) is 49.8 Å². The van der Waals surface area contributed by atoms with E-state index >= 15 is 0 Å². The Kier molecular flexibility index (Phi) is 5.56. The Hall–Kier alpha value is -1.82. The maximum atomic E-state index is 5.80. The van der Waals surface area contributed by atoms with Crippen molar-refractivity contribution in [3.63, 3.8) is 0 Å². The summed E-state index contributed by atoms with van der Waals surface area (Å²) in [4.78, 5) is 11.2. The summed E-state index contributed by atoms with van der Waals surface area (Å²) in [6, 6.07) is 4.26. The maximum absolute atomic E-state index is 5.80. The highest BCUT2D eigenvalue weighted by Gasteiger charge is 2.29. The largest absolute Gasteiger partial charge is 0.373 e. The van der Waals surface area contributed by atoms with Gasteiger partial charge in [0.2, 0.25) is 0 Å². The summed E-state index contributed by atoms with van der Waals surface area (Å²) in [5, 5.41) is 6.71. The van der Waals surface area contributed by atoms with E-state index in [9.17, 15) is 0 Å². The monoisotopic (exact) mass is 331 g/mol. The van der Waals surface area contributed by atoms with Crippen LogP contribution in [-0.2, 0) is 11.3 Å². The van der Waals surface area contributed by atoms with Crippen LogP contribution in [0.2, 0.25) is 0 Å². The predicted octanol–water partition coefficient (Wildman–Crippen LogP) is 1.92. The molecule has 0 bridgehead atoms. The molecule has 2 fully saturated rings. The van der Waals surface area contributed by atoms with Crippen LogP contribution >= 0.6 is 0 Å². The van der Waals surface area contributed by atoms with Crippen LogP contribution in [0.4, 0.5) is 5.82 Å². The number of aliphatic imine (C=N–C) groups is 1. The molecule has 24 heavy (non-hydrogen) atoms. The van der Waals surface area contributed by atoms with Crippen molar-refractivity contribution in [1.82, 2.24) is 15.6 Å². The van der Waals surface area contributed by atoms with Gasteiger partial charge >= 0.3 is 0 Å². The van der Waals surface area contributed by atoms with Gasteiger partial charge in [-0.2, -0.15) is 0 Å². The Labute approximate surface area is 144 Å². The van der Waals surface area contributed by atoms with Gasteiger partial charge in [0.25, 0.3) is 0 Å². The third-order valence-electron chi connectivity index (χ3n) is 4.85. The standard InChI is InChI=1S/C18H29N5O/c1-18(8-5-11-24-18)14-22-17(19-2)21-13-15-6-7-16(20-12-15)23-9-3-4-10-23/h6-7,12H,3-5,8-11,13-14H2,1-2H3,(H2,19,21,22). The molecule has 0 saturated carbocycles. The van der Waals surface area contributed by atoms with E-state index in [4.69, 9.17) is 4.74 Å². The van der Waals surface area contributed by atoms with Gasteiger partial charge in [-0.15, -0.1) is 0 Å². The molecule has 0 amide bonds. The van der Waals surface area contributed by atoms with E-state index in [2.05, 4.69) is 44.6 Å². The van der Waals surface area contributed by atoms with Gasteiger partial charge in [-0.3, -0.25) is 4.99 Å². The van der Waals surface area contributed by atoms with Crippen LogP contribution < -0.4 is 15.5 Å². The van der Waals surface area contributed by atoms with Crippen molar-refractivity contribution >= 4 is 11.8 Å². The first-order valence-electron chi connectivity index (χ1n) is 8.97. The second kappa shape index (κ2) is 7.83. The Morgan fingerprint density at radius 1 is 1.29 bits per heavy atom. The van der Waals surface area contributed by atoms with Crippen LogP contribution in [0.25, 0.3) is 0 Å². The van der Waals surface area contributed by atoms with E-state index < -0.39 is 0 Å². The van der Waals surface area contributed by atoms with Crippen molar-refractivity contribution in [3.8, 4) is 0 Å². The molecule has 1 aromatic rings. The van der Waals surface area contributed by atoms with Crippen LogP contribution in [0, 0.1) is 0 Å². The molecule has 132 valence electrons. The Bertz CT molecular complexity index is 545. The minimum Gasteiger partial charge on any atom is -0.373 e. The van der Waals surface area contributed by atoms with Crippen LogP contribution in [0.5, 0.6) is 0 Å². The lowest BCUT2D eigenvalue weighted by Gasteiger charge is -2.24. The number of pyridine rings is 1. The second-order valence-corrected chi connectivity index (χ2v) is 6.90. The molecular weight excluding hydrogens is 302 g/mol. The highest BCUT2D eigenvalue weighted by Crippen LogP contribution is 2.23. The molecule has 0 spiro atoms. The van der Waals surface area contributed by atoms with Gasteiger partial charge in [-0.25, -0.2) is 4.98 Å². The van der Waals surface area contributed by atoms with Crippen molar-refractivity contribution < 1.29 is 4.74 Å². The molecule has 6 heteroatoms. The SMILES string of the molecule is CN=C(NCc1ccc(N2CCCC2)nc1)NCC1(C)CCCO1. The minimum atomic E-state index is -0.0729. The lowest BCUT2D eigenvalue weighted by atomic mass is 10.0. The zero-order valence-corrected chi connectivity index (χ0v) is 14.8. The predicted molar refractivity (Wildman–Crippen MR) is 97.5 cm³/mol. The van der Waals surface area contributed by atoms with Crippen molar-refractivity contribution in [3.05, 3.63) is 23.9 Å². The van der Waals surface area contributed by atoms with Crippen LogP contribution in [0.15, 0.2) is 23.3 Å². The highest BCUT2D eigenvalue weighted by atomic mass is 16.5. The Balaban J connectivity index is 1.46. The number of nitrogens with one attached hydrogen (secondary N) is 2. The Morgan fingerprint density at radius 3 is 2.75 bits per heavy atom. The molecule has 2 saturated heterocycles. The van der Waals surface area contributed by atoms with E-state index in [1.54, 1.807) is 7.05 Å². The number of aromatic nitrogens is 1. The van der Waals surface area contributed by atoms with Crippen molar-refractivity contribution in [2.75, 3.05) is 38.2 Å². The van der Waals surface area contributed by atoms with Gasteiger partial charge in [0, 0.05) is 46.0 Å². The van der Waals surface area contributed by atoms with Crippen molar-refractivity contribution in [1.29, 1.82) is 0 Å². The highest BCUT2D eigenvalue weighted by molar-refractivity contribution is 5.79. The molecule has 3 heterocycles. The molecule has 2 aliphatic rings. The van der Waals surface area contributed by atoms with E-state index in [1.165, 1.54) is 12.8 Å². The fraction of sp³-hybridized carbons (Fsp3) is 0.667. The zero-order valence-electron chi connectivity index (χ0n) is 14.8. The number of anilines is 1. The number of rotatable bonds is 5. The summed E-state index contributed by atoms with van der Waals surface area (Å²) in [5.41, 5.74) is 1.08. The molecule has 2 aliphatic heterocycles. The summed E-state index contributed by atoms with van der Waals surface area (Å²) in [7, 11) is 1.79. The number of hydrogen-bond donors (Lipinski definition) is 2. The Morgan fingerprint density at radius 2 is 2.12 bits per heavy atom. The average molecular weight is 331 g/mol. The molecule has 3 rings (SSSR count). The molecule has 1 atom stereocenters. The summed E-state index contributed by atoms with van der Waals surface area (Å²) in [6.45, 7) is 6.76.